The number of carbonyl (C=O) groups excluding carboxylic acids is 2. The van der Waals surface area contributed by atoms with Crippen molar-refractivity contribution < 1.29 is 23.8 Å². The Balaban J connectivity index is 1.69. The predicted octanol–water partition coefficient (Wildman–Crippen LogP) is 7.01. The molecule has 0 saturated heterocycles. The normalized spacial score (nSPS) is 10.0. The summed E-state index contributed by atoms with van der Waals surface area (Å²) in [7, 11) is 0. The molecule has 0 bridgehead atoms. The van der Waals surface area contributed by atoms with Gasteiger partial charge in [0.2, 0.25) is 0 Å². The van der Waals surface area contributed by atoms with Crippen molar-refractivity contribution in [1.29, 1.82) is 0 Å². The van der Waals surface area contributed by atoms with Gasteiger partial charge in [-0.2, -0.15) is 0 Å². The van der Waals surface area contributed by atoms with E-state index in [9.17, 15) is 9.59 Å². The van der Waals surface area contributed by atoms with Crippen LogP contribution in [0.15, 0.2) is 72.8 Å². The fourth-order valence-electron chi connectivity index (χ4n) is 3.24. The number of hydrogen-bond acceptors (Lipinski definition) is 6. The molecule has 0 spiro atoms. The van der Waals surface area contributed by atoms with Crippen molar-refractivity contribution in [2.24, 2.45) is 4.99 Å². The number of aliphatic imine (C=N–C) groups is 1. The number of nitrogens with zero attached hydrogens (tertiary/aromatic N) is 1. The molecule has 0 amide bonds. The lowest BCUT2D eigenvalue weighted by Crippen LogP contribution is -2.03. The number of halogens is 1. The van der Waals surface area contributed by atoms with Crippen molar-refractivity contribution >= 4 is 35.4 Å². The van der Waals surface area contributed by atoms with E-state index in [2.05, 4.69) is 41.8 Å². The zero-order chi connectivity index (χ0) is 28.8. The van der Waals surface area contributed by atoms with Crippen molar-refractivity contribution in [1.82, 2.24) is 0 Å². The van der Waals surface area contributed by atoms with Gasteiger partial charge in [0.25, 0.3) is 0 Å². The molecule has 0 aromatic heterocycles. The summed E-state index contributed by atoms with van der Waals surface area (Å²) in [5.41, 5.74) is 2.46. The molecule has 0 saturated carbocycles. The molecule has 208 valence electrons. The summed E-state index contributed by atoms with van der Waals surface area (Å²) >= 11 is 6.33. The molecule has 0 atom stereocenters. The van der Waals surface area contributed by atoms with Crippen LogP contribution in [0.3, 0.4) is 0 Å². The van der Waals surface area contributed by atoms with E-state index in [1.54, 1.807) is 12.1 Å². The molecular formula is C33H34ClNO5. The number of benzene rings is 2. The highest BCUT2D eigenvalue weighted by Gasteiger charge is 2.03. The Morgan fingerprint density at radius 1 is 0.775 bits per heavy atom. The Morgan fingerprint density at radius 3 is 1.98 bits per heavy atom. The number of hydrogen-bond donors (Lipinski definition) is 0. The van der Waals surface area contributed by atoms with Crippen molar-refractivity contribution in [2.45, 2.75) is 44.9 Å². The summed E-state index contributed by atoms with van der Waals surface area (Å²) in [4.78, 5) is 26.4. The molecule has 0 aliphatic carbocycles. The van der Waals surface area contributed by atoms with Crippen molar-refractivity contribution in [3.05, 3.63) is 83.9 Å². The maximum atomic E-state index is 11.0. The van der Waals surface area contributed by atoms with Gasteiger partial charge in [-0.3, -0.25) is 4.99 Å². The minimum atomic E-state index is -0.403. The lowest BCUT2D eigenvalue weighted by atomic mass is 10.2. The van der Waals surface area contributed by atoms with Crippen LogP contribution in [-0.4, -0.2) is 38.0 Å². The first-order chi connectivity index (χ1) is 19.5. The molecule has 0 unspecified atom stereocenters. The molecule has 0 fully saturated rings. The topological polar surface area (TPSA) is 74.2 Å². The number of unbranched alkanes of at least 4 members (excludes halogenated alkanes) is 5. The van der Waals surface area contributed by atoms with Crippen molar-refractivity contribution in [2.75, 3.05) is 19.8 Å². The standard InChI is InChI=1S/C33H34ClNO5/c1-3-32(36)39-24-11-6-5-10-22-35-29-19-16-27(17-20-29)14-8-9-15-28-18-21-31(30(34)26-28)38-23-12-7-13-25-40-33(37)4-2/h3-4,16-22,26H,1-2,5-7,10-13,23-25H2. The van der Waals surface area contributed by atoms with Crippen LogP contribution in [0.25, 0.3) is 0 Å². The summed E-state index contributed by atoms with van der Waals surface area (Å²) in [6.07, 6.45) is 10.3. The second-order valence-corrected chi connectivity index (χ2v) is 8.91. The van der Waals surface area contributed by atoms with Crippen LogP contribution < -0.4 is 4.74 Å². The zero-order valence-electron chi connectivity index (χ0n) is 22.6. The zero-order valence-corrected chi connectivity index (χ0v) is 23.4. The molecular weight excluding hydrogens is 526 g/mol. The van der Waals surface area contributed by atoms with Gasteiger partial charge >= 0.3 is 11.9 Å². The Kier molecular flexibility index (Phi) is 15.8. The summed E-state index contributed by atoms with van der Waals surface area (Å²) in [6, 6.07) is 13.0. The van der Waals surface area contributed by atoms with E-state index in [4.69, 9.17) is 25.8 Å². The number of carbonyl (C=O) groups is 2. The lowest BCUT2D eigenvalue weighted by molar-refractivity contribution is -0.138. The van der Waals surface area contributed by atoms with Gasteiger partial charge in [0.15, 0.2) is 0 Å². The lowest BCUT2D eigenvalue weighted by Gasteiger charge is -2.08. The fraction of sp³-hybridized carbons (Fsp3) is 0.303. The SMILES string of the molecule is C=CC(=O)OCCCCCC=Nc1ccc(C#CC#Cc2ccc(OCCCCCOC(=O)C=C)c(Cl)c2)cc1. The maximum Gasteiger partial charge on any atom is 0.330 e. The van der Waals surface area contributed by atoms with E-state index in [-0.39, 0.29) is 5.97 Å². The van der Waals surface area contributed by atoms with Crippen molar-refractivity contribution in [3.63, 3.8) is 0 Å². The Morgan fingerprint density at radius 2 is 1.35 bits per heavy atom. The average molecular weight is 560 g/mol. The Bertz CT molecular complexity index is 1280. The highest BCUT2D eigenvalue weighted by atomic mass is 35.5. The minimum Gasteiger partial charge on any atom is -0.492 e. The van der Waals surface area contributed by atoms with Gasteiger partial charge in [-0.25, -0.2) is 9.59 Å². The Hall–Kier alpha value is -4.26. The highest BCUT2D eigenvalue weighted by Crippen LogP contribution is 2.25. The summed E-state index contributed by atoms with van der Waals surface area (Å²) in [6.45, 7) is 8.04. The summed E-state index contributed by atoms with van der Waals surface area (Å²) in [5, 5.41) is 0.491. The number of ether oxygens (including phenoxy) is 3. The van der Waals surface area contributed by atoms with Crippen LogP contribution in [-0.2, 0) is 19.1 Å². The number of rotatable bonds is 16. The van der Waals surface area contributed by atoms with E-state index in [0.29, 0.717) is 30.6 Å². The molecule has 2 aromatic rings. The van der Waals surface area contributed by atoms with Crippen molar-refractivity contribution in [3.8, 4) is 29.4 Å². The van der Waals surface area contributed by atoms with Gasteiger partial charge in [-0.1, -0.05) is 36.6 Å². The predicted molar refractivity (Wildman–Crippen MR) is 160 cm³/mol. The molecule has 2 aromatic carbocycles. The van der Waals surface area contributed by atoms with Crippen LogP contribution in [0.2, 0.25) is 5.02 Å². The molecule has 2 rings (SSSR count). The van der Waals surface area contributed by atoms with Crippen LogP contribution in [0.5, 0.6) is 5.75 Å². The Labute approximate surface area is 242 Å². The van der Waals surface area contributed by atoms with Gasteiger partial charge in [-0.15, -0.1) is 0 Å². The third kappa shape index (κ3) is 14.0. The smallest absolute Gasteiger partial charge is 0.330 e. The number of esters is 2. The average Bonchev–Trinajstić information content (AvgIpc) is 2.97. The maximum absolute atomic E-state index is 11.0. The monoisotopic (exact) mass is 559 g/mol. The summed E-state index contributed by atoms with van der Waals surface area (Å²) < 4.78 is 15.6. The summed E-state index contributed by atoms with van der Waals surface area (Å²) in [5.74, 6) is 11.6. The molecule has 0 N–H and O–H groups in total. The van der Waals surface area contributed by atoms with Gasteiger partial charge in [0.05, 0.1) is 30.5 Å². The second-order valence-electron chi connectivity index (χ2n) is 8.51. The van der Waals surface area contributed by atoms with E-state index in [0.717, 1.165) is 67.8 Å². The van der Waals surface area contributed by atoms with E-state index in [1.807, 2.05) is 36.5 Å². The van der Waals surface area contributed by atoms with E-state index < -0.39 is 5.97 Å². The third-order valence-corrected chi connectivity index (χ3v) is 5.66. The van der Waals surface area contributed by atoms with E-state index in [1.165, 1.54) is 6.08 Å². The fourth-order valence-corrected chi connectivity index (χ4v) is 3.48. The molecule has 0 aliphatic rings. The van der Waals surface area contributed by atoms with E-state index >= 15 is 0 Å². The van der Waals surface area contributed by atoms with Crippen LogP contribution >= 0.6 is 11.6 Å². The van der Waals surface area contributed by atoms with Gasteiger partial charge in [0, 0.05) is 29.5 Å². The molecule has 6 nitrogen and oxygen atoms in total. The first-order valence-electron chi connectivity index (χ1n) is 13.2. The van der Waals surface area contributed by atoms with Gasteiger partial charge in [0.1, 0.15) is 5.75 Å². The van der Waals surface area contributed by atoms with Crippen LogP contribution in [0.4, 0.5) is 5.69 Å². The first-order valence-corrected chi connectivity index (χ1v) is 13.5. The van der Waals surface area contributed by atoms with Gasteiger partial charge < -0.3 is 14.2 Å². The second kappa shape index (κ2) is 19.8. The molecule has 7 heteroatoms. The largest absolute Gasteiger partial charge is 0.492 e. The van der Waals surface area contributed by atoms with Gasteiger partial charge in [-0.05, 0) is 99.3 Å². The third-order valence-electron chi connectivity index (χ3n) is 5.36. The molecule has 0 heterocycles. The minimum absolute atomic E-state index is 0.378. The highest BCUT2D eigenvalue weighted by molar-refractivity contribution is 6.32. The molecule has 0 radical (unpaired) electrons. The quantitative estimate of drug-likeness (QED) is 0.0726. The van der Waals surface area contributed by atoms with Crippen LogP contribution in [0.1, 0.15) is 56.1 Å². The first kappa shape index (κ1) is 32.0. The van der Waals surface area contributed by atoms with Crippen LogP contribution in [0, 0.1) is 23.7 Å². The molecule has 40 heavy (non-hydrogen) atoms. The molecule has 0 aliphatic heterocycles.